The third kappa shape index (κ3) is 5.29. The minimum atomic E-state index is 0.286. The van der Waals surface area contributed by atoms with Gasteiger partial charge in [0.05, 0.1) is 0 Å². The maximum Gasteiger partial charge on any atom is 0.131 e. The Morgan fingerprint density at radius 2 is 0.936 bits per heavy atom. The quantitative estimate of drug-likeness (QED) is 0.157. The number of allylic oxidation sites excluding steroid dienone is 2. The fourth-order valence-corrected chi connectivity index (χ4v) is 9.03. The van der Waals surface area contributed by atoms with Crippen LogP contribution < -0.4 is 0 Å². The SMILES string of the molecule is Cc1cc(C2=Cc3c(-c4ccccc4)cccc3C2C[Si]CC2C(c3cc(C)c(C)o3)=Cc3c(-c4ccccc4)cccc32)oc1C. The molecule has 230 valence electrons. The molecule has 2 aromatic heterocycles. The summed E-state index contributed by atoms with van der Waals surface area (Å²) >= 11 is 0. The number of benzene rings is 4. The molecule has 2 aliphatic rings. The summed E-state index contributed by atoms with van der Waals surface area (Å²) in [5.41, 5.74) is 15.6. The van der Waals surface area contributed by atoms with Crippen LogP contribution in [0.2, 0.25) is 12.1 Å². The van der Waals surface area contributed by atoms with Crippen LogP contribution in [0.5, 0.6) is 0 Å². The molecule has 2 unspecified atom stereocenters. The van der Waals surface area contributed by atoms with Gasteiger partial charge in [0.1, 0.15) is 23.0 Å². The Morgan fingerprint density at radius 1 is 0.511 bits per heavy atom. The predicted octanol–water partition coefficient (Wildman–Crippen LogP) is 12.0. The fraction of sp³-hybridized carbons (Fsp3) is 0.182. The first-order valence-electron chi connectivity index (χ1n) is 16.6. The highest BCUT2D eigenvalue weighted by atomic mass is 28.2. The average molecular weight is 627 g/mol. The first-order chi connectivity index (χ1) is 23.0. The zero-order valence-corrected chi connectivity index (χ0v) is 28.4. The molecule has 47 heavy (non-hydrogen) atoms. The summed E-state index contributed by atoms with van der Waals surface area (Å²) in [5, 5.41) is 0. The lowest BCUT2D eigenvalue weighted by Gasteiger charge is -2.20. The van der Waals surface area contributed by atoms with E-state index in [0.717, 1.165) is 44.6 Å². The molecule has 0 amide bonds. The van der Waals surface area contributed by atoms with Crippen molar-refractivity contribution < 1.29 is 8.83 Å². The molecule has 0 aliphatic heterocycles. The molecular weight excluding hydrogens is 589 g/mol. The number of aryl methyl sites for hydroxylation is 4. The predicted molar refractivity (Wildman–Crippen MR) is 197 cm³/mol. The normalized spacial score (nSPS) is 16.6. The molecule has 6 aromatic rings. The van der Waals surface area contributed by atoms with E-state index in [0.29, 0.717) is 0 Å². The first kappa shape index (κ1) is 29.5. The second-order valence-electron chi connectivity index (χ2n) is 13.0. The lowest BCUT2D eigenvalue weighted by atomic mass is 9.92. The van der Waals surface area contributed by atoms with E-state index in [9.17, 15) is 0 Å². The standard InChI is InChI=1S/C44H38O2Si/c1-27-21-43(45-29(27)3)39-23-37-33(31-13-7-5-8-14-31)17-11-19-35(37)41(39)25-47-26-42-36-20-12-18-34(32-15-9-6-10-16-32)38(36)24-40(42)44-22-28(2)30(4)46-44/h5-24,41-42H,25-26H2,1-4H3. The van der Waals surface area contributed by atoms with Gasteiger partial charge in [0.15, 0.2) is 0 Å². The smallest absolute Gasteiger partial charge is 0.131 e. The first-order valence-corrected chi connectivity index (χ1v) is 18.0. The zero-order chi connectivity index (χ0) is 32.1. The van der Waals surface area contributed by atoms with Crippen molar-refractivity contribution in [3.05, 3.63) is 166 Å². The maximum absolute atomic E-state index is 6.39. The molecule has 4 aromatic carbocycles. The van der Waals surface area contributed by atoms with Gasteiger partial charge in [0, 0.05) is 32.5 Å². The molecule has 2 aliphatic carbocycles. The third-order valence-corrected chi connectivity index (χ3v) is 11.5. The highest BCUT2D eigenvalue weighted by Gasteiger charge is 2.33. The topological polar surface area (TPSA) is 26.3 Å². The van der Waals surface area contributed by atoms with Gasteiger partial charge < -0.3 is 8.83 Å². The lowest BCUT2D eigenvalue weighted by molar-refractivity contribution is 0.516. The molecule has 0 bridgehead atoms. The molecule has 0 saturated carbocycles. The summed E-state index contributed by atoms with van der Waals surface area (Å²) in [4.78, 5) is 0. The van der Waals surface area contributed by atoms with Crippen molar-refractivity contribution >= 4 is 32.8 Å². The molecule has 2 nitrogen and oxygen atoms in total. The summed E-state index contributed by atoms with van der Waals surface area (Å²) in [5.74, 6) is 4.58. The molecule has 0 N–H and O–H groups in total. The van der Waals surface area contributed by atoms with E-state index in [-0.39, 0.29) is 11.8 Å². The van der Waals surface area contributed by atoms with Crippen LogP contribution in [0.1, 0.15) is 68.3 Å². The highest BCUT2D eigenvalue weighted by molar-refractivity contribution is 6.37. The number of hydrogen-bond donors (Lipinski definition) is 0. The molecular formula is C44H38O2Si. The van der Waals surface area contributed by atoms with Crippen molar-refractivity contribution in [2.45, 2.75) is 51.6 Å². The van der Waals surface area contributed by atoms with Gasteiger partial charge in [0.25, 0.3) is 0 Å². The summed E-state index contributed by atoms with van der Waals surface area (Å²) in [6.45, 7) is 8.43. The van der Waals surface area contributed by atoms with Crippen LogP contribution in [0.4, 0.5) is 0 Å². The molecule has 0 saturated heterocycles. The Hall–Kier alpha value is -4.86. The summed E-state index contributed by atoms with van der Waals surface area (Å²) < 4.78 is 12.8. The van der Waals surface area contributed by atoms with Gasteiger partial charge in [-0.05, 0) is 120 Å². The van der Waals surface area contributed by atoms with Gasteiger partial charge in [-0.15, -0.1) is 0 Å². The van der Waals surface area contributed by atoms with Gasteiger partial charge in [-0.3, -0.25) is 0 Å². The van der Waals surface area contributed by atoms with Crippen LogP contribution in [-0.2, 0) is 0 Å². The molecule has 2 heterocycles. The van der Waals surface area contributed by atoms with E-state index in [1.807, 2.05) is 0 Å². The van der Waals surface area contributed by atoms with Gasteiger partial charge in [-0.25, -0.2) is 0 Å². The average Bonchev–Trinajstić information content (AvgIpc) is 3.85. The molecule has 2 radical (unpaired) electrons. The number of furan rings is 2. The third-order valence-electron chi connectivity index (χ3n) is 10.1. The Balaban J connectivity index is 1.15. The number of rotatable bonds is 8. The van der Waals surface area contributed by atoms with E-state index in [1.54, 1.807) is 0 Å². The Kier molecular flexibility index (Phi) is 7.58. The van der Waals surface area contributed by atoms with Crippen LogP contribution in [0.25, 0.3) is 45.6 Å². The monoisotopic (exact) mass is 626 g/mol. The van der Waals surface area contributed by atoms with E-state index in [1.165, 1.54) is 66.8 Å². The van der Waals surface area contributed by atoms with Crippen molar-refractivity contribution in [2.75, 3.05) is 0 Å². The lowest BCUT2D eigenvalue weighted by Crippen LogP contribution is -2.07. The Labute approximate surface area is 280 Å². The van der Waals surface area contributed by atoms with Crippen molar-refractivity contribution in [3.8, 4) is 22.3 Å². The second-order valence-corrected chi connectivity index (χ2v) is 14.3. The maximum atomic E-state index is 6.39. The Bertz CT molecular complexity index is 1970. The van der Waals surface area contributed by atoms with Crippen LogP contribution in [0.3, 0.4) is 0 Å². The minimum Gasteiger partial charge on any atom is -0.461 e. The largest absolute Gasteiger partial charge is 0.461 e. The zero-order valence-electron chi connectivity index (χ0n) is 27.4. The van der Waals surface area contributed by atoms with Crippen LogP contribution >= 0.6 is 0 Å². The van der Waals surface area contributed by atoms with E-state index < -0.39 is 0 Å². The molecule has 8 rings (SSSR count). The second kappa shape index (κ2) is 12.1. The Morgan fingerprint density at radius 3 is 1.32 bits per heavy atom. The summed E-state index contributed by atoms with van der Waals surface area (Å²) in [6, 6.07) is 41.8. The fourth-order valence-electron chi connectivity index (χ4n) is 7.41. The molecule has 0 spiro atoms. The molecule has 3 heteroatoms. The van der Waals surface area contributed by atoms with Gasteiger partial charge in [-0.1, -0.05) is 97.1 Å². The van der Waals surface area contributed by atoms with Crippen molar-refractivity contribution in [1.29, 1.82) is 0 Å². The van der Waals surface area contributed by atoms with Crippen molar-refractivity contribution in [3.63, 3.8) is 0 Å². The van der Waals surface area contributed by atoms with Crippen molar-refractivity contribution in [1.82, 2.24) is 0 Å². The van der Waals surface area contributed by atoms with E-state index in [4.69, 9.17) is 8.83 Å². The van der Waals surface area contributed by atoms with E-state index in [2.05, 4.69) is 149 Å². The van der Waals surface area contributed by atoms with Crippen LogP contribution in [0, 0.1) is 27.7 Å². The molecule has 0 fully saturated rings. The van der Waals surface area contributed by atoms with Crippen LogP contribution in [-0.4, -0.2) is 9.52 Å². The van der Waals surface area contributed by atoms with E-state index >= 15 is 0 Å². The highest BCUT2D eigenvalue weighted by Crippen LogP contribution is 2.51. The summed E-state index contributed by atoms with van der Waals surface area (Å²) in [6.07, 6.45) is 4.81. The molecule has 2 atom stereocenters. The number of hydrogen-bond acceptors (Lipinski definition) is 2. The van der Waals surface area contributed by atoms with Gasteiger partial charge in [0.2, 0.25) is 0 Å². The van der Waals surface area contributed by atoms with Gasteiger partial charge in [-0.2, -0.15) is 0 Å². The van der Waals surface area contributed by atoms with Crippen LogP contribution in [0.15, 0.2) is 118 Å². The summed E-state index contributed by atoms with van der Waals surface area (Å²) in [7, 11) is 0.756. The van der Waals surface area contributed by atoms with Crippen molar-refractivity contribution in [2.24, 2.45) is 0 Å². The number of fused-ring (bicyclic) bond motifs is 2. The minimum absolute atomic E-state index is 0.286. The van der Waals surface area contributed by atoms with Gasteiger partial charge >= 0.3 is 0 Å².